The Morgan fingerprint density at radius 3 is 2.08 bits per heavy atom. The van der Waals surface area contributed by atoms with Gasteiger partial charge in [-0.1, -0.05) is 60.7 Å². The molecule has 25 heavy (non-hydrogen) atoms. The van der Waals surface area contributed by atoms with Crippen LogP contribution < -0.4 is 0 Å². The van der Waals surface area contributed by atoms with E-state index in [2.05, 4.69) is 0 Å². The first kappa shape index (κ1) is 16.0. The van der Waals surface area contributed by atoms with Crippen LogP contribution in [0, 0.1) is 0 Å². The molecule has 0 atom stereocenters. The molecular weight excluding hydrogens is 328 g/mol. The molecule has 4 rings (SSSR count). The van der Waals surface area contributed by atoms with Crippen LogP contribution in [0.3, 0.4) is 0 Å². The summed E-state index contributed by atoms with van der Waals surface area (Å²) in [6.45, 7) is 1.71. The lowest BCUT2D eigenvalue weighted by Crippen LogP contribution is -2.35. The second kappa shape index (κ2) is 7.19. The molecule has 4 heteroatoms. The molecule has 126 valence electrons. The van der Waals surface area contributed by atoms with E-state index in [-0.39, 0.29) is 5.91 Å². The molecule has 0 N–H and O–H groups in total. The Balaban J connectivity index is 1.78. The van der Waals surface area contributed by atoms with Crippen LogP contribution in [0.5, 0.6) is 0 Å². The molecule has 1 aromatic heterocycles. The van der Waals surface area contributed by atoms with Gasteiger partial charge in [-0.15, -0.1) is 11.3 Å². The first-order chi connectivity index (χ1) is 12.3. The Morgan fingerprint density at radius 2 is 1.44 bits per heavy atom. The third-order valence-electron chi connectivity index (χ3n) is 4.53. The third-order valence-corrected chi connectivity index (χ3v) is 5.63. The largest absolute Gasteiger partial charge is 0.338 e. The number of rotatable bonds is 3. The standard InChI is InChI=1S/C21H20N2OS/c24-21(23-14-8-3-9-15-23)19-18(16-10-4-1-5-11-16)22-20(25-19)17-12-6-2-7-13-17/h1-2,4-7,10-13H,3,8-9,14-15H2. The zero-order chi connectivity index (χ0) is 17.1. The van der Waals surface area contributed by atoms with Gasteiger partial charge in [-0.05, 0) is 19.3 Å². The van der Waals surface area contributed by atoms with Gasteiger partial charge in [0.2, 0.25) is 0 Å². The first-order valence-corrected chi connectivity index (χ1v) is 9.55. The van der Waals surface area contributed by atoms with E-state index >= 15 is 0 Å². The molecule has 0 saturated carbocycles. The molecule has 2 heterocycles. The summed E-state index contributed by atoms with van der Waals surface area (Å²) in [7, 11) is 0. The highest BCUT2D eigenvalue weighted by atomic mass is 32.1. The van der Waals surface area contributed by atoms with Crippen molar-refractivity contribution in [2.75, 3.05) is 13.1 Å². The highest BCUT2D eigenvalue weighted by molar-refractivity contribution is 7.17. The van der Waals surface area contributed by atoms with Gasteiger partial charge in [0.25, 0.3) is 5.91 Å². The van der Waals surface area contributed by atoms with Crippen molar-refractivity contribution >= 4 is 17.2 Å². The lowest BCUT2D eigenvalue weighted by molar-refractivity contribution is 0.0730. The zero-order valence-electron chi connectivity index (χ0n) is 14.0. The molecule has 1 fully saturated rings. The average molecular weight is 348 g/mol. The van der Waals surface area contributed by atoms with E-state index < -0.39 is 0 Å². The van der Waals surface area contributed by atoms with Gasteiger partial charge >= 0.3 is 0 Å². The van der Waals surface area contributed by atoms with Crippen molar-refractivity contribution in [2.45, 2.75) is 19.3 Å². The Labute approximate surface area is 152 Å². The van der Waals surface area contributed by atoms with Crippen LogP contribution in [0.4, 0.5) is 0 Å². The van der Waals surface area contributed by atoms with Gasteiger partial charge in [0.05, 0.1) is 5.69 Å². The van der Waals surface area contributed by atoms with Crippen molar-refractivity contribution in [1.29, 1.82) is 0 Å². The number of nitrogens with zero attached hydrogens (tertiary/aromatic N) is 2. The number of aromatic nitrogens is 1. The van der Waals surface area contributed by atoms with Crippen LogP contribution in [-0.2, 0) is 0 Å². The number of hydrogen-bond acceptors (Lipinski definition) is 3. The van der Waals surface area contributed by atoms with Crippen LogP contribution in [0.2, 0.25) is 0 Å². The SMILES string of the molecule is O=C(c1sc(-c2ccccc2)nc1-c1ccccc1)N1CCCCC1. The highest BCUT2D eigenvalue weighted by Crippen LogP contribution is 2.35. The van der Waals surface area contributed by atoms with E-state index in [0.29, 0.717) is 0 Å². The molecule has 0 aliphatic carbocycles. The summed E-state index contributed by atoms with van der Waals surface area (Å²) in [5.41, 5.74) is 2.86. The minimum Gasteiger partial charge on any atom is -0.338 e. The zero-order valence-corrected chi connectivity index (χ0v) is 14.8. The monoisotopic (exact) mass is 348 g/mol. The van der Waals surface area contributed by atoms with Gasteiger partial charge in [-0.2, -0.15) is 0 Å². The summed E-state index contributed by atoms with van der Waals surface area (Å²) in [5.74, 6) is 0.123. The molecule has 0 bridgehead atoms. The van der Waals surface area contributed by atoms with E-state index in [4.69, 9.17) is 4.98 Å². The minimum absolute atomic E-state index is 0.123. The molecule has 0 radical (unpaired) electrons. The molecule has 0 spiro atoms. The molecule has 3 aromatic rings. The Hall–Kier alpha value is -2.46. The lowest BCUT2D eigenvalue weighted by atomic mass is 10.1. The van der Waals surface area contributed by atoms with Crippen molar-refractivity contribution in [3.8, 4) is 21.8 Å². The van der Waals surface area contributed by atoms with Crippen molar-refractivity contribution in [2.24, 2.45) is 0 Å². The number of carbonyl (C=O) groups excluding carboxylic acids is 1. The fourth-order valence-corrected chi connectivity index (χ4v) is 4.26. The second-order valence-corrected chi connectivity index (χ2v) is 7.28. The smallest absolute Gasteiger partial charge is 0.266 e. The van der Waals surface area contributed by atoms with E-state index in [1.807, 2.05) is 65.6 Å². The number of piperidine rings is 1. The summed E-state index contributed by atoms with van der Waals surface area (Å²) >= 11 is 1.51. The molecule has 1 saturated heterocycles. The molecule has 0 unspecified atom stereocenters. The molecule has 1 aliphatic rings. The van der Waals surface area contributed by atoms with Gasteiger partial charge in [-0.25, -0.2) is 4.98 Å². The van der Waals surface area contributed by atoms with E-state index in [1.54, 1.807) is 0 Å². The van der Waals surface area contributed by atoms with Crippen molar-refractivity contribution in [3.63, 3.8) is 0 Å². The summed E-state index contributed by atoms with van der Waals surface area (Å²) in [6.07, 6.45) is 3.40. The molecule has 3 nitrogen and oxygen atoms in total. The second-order valence-electron chi connectivity index (χ2n) is 6.28. The summed E-state index contributed by atoms with van der Waals surface area (Å²) in [6, 6.07) is 20.1. The van der Waals surface area contributed by atoms with Crippen LogP contribution >= 0.6 is 11.3 Å². The summed E-state index contributed by atoms with van der Waals surface area (Å²) in [5, 5.41) is 0.903. The lowest BCUT2D eigenvalue weighted by Gasteiger charge is -2.26. The number of hydrogen-bond donors (Lipinski definition) is 0. The number of carbonyl (C=O) groups is 1. The maximum atomic E-state index is 13.1. The normalized spacial score (nSPS) is 14.5. The number of benzene rings is 2. The fourth-order valence-electron chi connectivity index (χ4n) is 3.20. The van der Waals surface area contributed by atoms with Crippen molar-refractivity contribution in [1.82, 2.24) is 9.88 Å². The van der Waals surface area contributed by atoms with Crippen LogP contribution in [0.1, 0.15) is 28.9 Å². The quantitative estimate of drug-likeness (QED) is 0.659. The fraction of sp³-hybridized carbons (Fsp3) is 0.238. The Morgan fingerprint density at radius 1 is 0.840 bits per heavy atom. The summed E-state index contributed by atoms with van der Waals surface area (Å²) < 4.78 is 0. The number of likely N-dealkylation sites (tertiary alicyclic amines) is 1. The van der Waals surface area contributed by atoms with E-state index in [9.17, 15) is 4.79 Å². The molecule has 1 aliphatic heterocycles. The van der Waals surface area contributed by atoms with Crippen LogP contribution in [0.25, 0.3) is 21.8 Å². The van der Waals surface area contributed by atoms with E-state index in [0.717, 1.165) is 52.6 Å². The van der Waals surface area contributed by atoms with Gasteiger partial charge in [-0.3, -0.25) is 4.79 Å². The predicted octanol–water partition coefficient (Wildman–Crippen LogP) is 5.10. The molecule has 1 amide bonds. The van der Waals surface area contributed by atoms with Gasteiger partial charge in [0.1, 0.15) is 9.88 Å². The van der Waals surface area contributed by atoms with Gasteiger partial charge < -0.3 is 4.90 Å². The summed E-state index contributed by atoms with van der Waals surface area (Å²) in [4.78, 5) is 20.7. The van der Waals surface area contributed by atoms with Crippen molar-refractivity contribution in [3.05, 3.63) is 65.5 Å². The number of thiazole rings is 1. The topological polar surface area (TPSA) is 33.2 Å². The first-order valence-electron chi connectivity index (χ1n) is 8.74. The Kier molecular flexibility index (Phi) is 4.61. The maximum Gasteiger partial charge on any atom is 0.266 e. The van der Waals surface area contributed by atoms with Crippen LogP contribution in [-0.4, -0.2) is 28.9 Å². The highest BCUT2D eigenvalue weighted by Gasteiger charge is 2.25. The predicted molar refractivity (Wildman–Crippen MR) is 103 cm³/mol. The minimum atomic E-state index is 0.123. The van der Waals surface area contributed by atoms with Crippen LogP contribution in [0.15, 0.2) is 60.7 Å². The Bertz CT molecular complexity index is 852. The molecular formula is C21H20N2OS. The van der Waals surface area contributed by atoms with Crippen molar-refractivity contribution < 1.29 is 4.79 Å². The van der Waals surface area contributed by atoms with E-state index in [1.165, 1.54) is 17.8 Å². The van der Waals surface area contributed by atoms with Gasteiger partial charge in [0.15, 0.2) is 0 Å². The third kappa shape index (κ3) is 3.35. The van der Waals surface area contributed by atoms with Gasteiger partial charge in [0, 0.05) is 24.2 Å². The number of amides is 1. The average Bonchev–Trinajstić information content (AvgIpc) is 3.15. The maximum absolute atomic E-state index is 13.1. The molecule has 2 aromatic carbocycles.